The highest BCUT2D eigenvalue weighted by atomic mass is 32.2. The number of rotatable bonds is 4. The number of thioether (sulfide) groups is 1. The fraction of sp³-hybridized carbons (Fsp3) is 0.667. The average molecular weight is 243 g/mol. The van der Waals surface area contributed by atoms with E-state index in [9.17, 15) is 4.79 Å². The van der Waals surface area contributed by atoms with Crippen molar-refractivity contribution in [3.63, 3.8) is 0 Å². The van der Waals surface area contributed by atoms with Gasteiger partial charge in [0.05, 0.1) is 0 Å². The number of nitrogens with one attached hydrogen (secondary N) is 1. The normalized spacial score (nSPS) is 23.9. The van der Waals surface area contributed by atoms with E-state index in [4.69, 9.17) is 0 Å². The first-order valence-electron chi connectivity index (χ1n) is 4.98. The third kappa shape index (κ3) is 2.69. The van der Waals surface area contributed by atoms with Crippen LogP contribution in [0.25, 0.3) is 0 Å². The highest BCUT2D eigenvalue weighted by Crippen LogP contribution is 2.38. The van der Waals surface area contributed by atoms with Gasteiger partial charge in [-0.05, 0) is 18.1 Å². The molecule has 15 heavy (non-hydrogen) atoms. The topological polar surface area (TPSA) is 54.9 Å². The van der Waals surface area contributed by atoms with Gasteiger partial charge in [0.25, 0.3) is 0 Å². The highest BCUT2D eigenvalue weighted by molar-refractivity contribution is 8.01. The molecule has 0 bridgehead atoms. The van der Waals surface area contributed by atoms with Crippen molar-refractivity contribution in [1.82, 2.24) is 10.2 Å². The number of nitrogens with zero attached hydrogens (tertiary/aromatic N) is 2. The molecule has 1 aliphatic rings. The maximum Gasteiger partial charge on any atom is 0.229 e. The third-order valence-electron chi connectivity index (χ3n) is 2.35. The molecule has 0 radical (unpaired) electrons. The predicted molar refractivity (Wildman–Crippen MR) is 62.2 cm³/mol. The molecule has 82 valence electrons. The molecule has 0 unspecified atom stereocenters. The summed E-state index contributed by atoms with van der Waals surface area (Å²) in [5.41, 5.74) is 0. The van der Waals surface area contributed by atoms with Gasteiger partial charge in [0.2, 0.25) is 11.0 Å². The summed E-state index contributed by atoms with van der Waals surface area (Å²) in [5, 5.41) is 11.3. The summed E-state index contributed by atoms with van der Waals surface area (Å²) in [4.78, 5) is 11.6. The van der Waals surface area contributed by atoms with Crippen molar-refractivity contribution >= 4 is 34.1 Å². The van der Waals surface area contributed by atoms with Gasteiger partial charge in [0.15, 0.2) is 4.34 Å². The Morgan fingerprint density at radius 2 is 2.40 bits per heavy atom. The summed E-state index contributed by atoms with van der Waals surface area (Å²) in [5.74, 6) is 1.78. The van der Waals surface area contributed by atoms with Crippen molar-refractivity contribution < 1.29 is 4.79 Å². The molecule has 6 heteroatoms. The molecule has 1 aliphatic carbocycles. The van der Waals surface area contributed by atoms with Gasteiger partial charge in [-0.3, -0.25) is 4.79 Å². The molecule has 1 aromatic heterocycles. The molecule has 2 rings (SSSR count). The number of aromatic nitrogens is 2. The van der Waals surface area contributed by atoms with E-state index in [0.717, 1.165) is 16.5 Å². The molecule has 0 aliphatic heterocycles. The summed E-state index contributed by atoms with van der Waals surface area (Å²) in [6.45, 7) is 4.15. The number of hydrogen-bond donors (Lipinski definition) is 1. The summed E-state index contributed by atoms with van der Waals surface area (Å²) >= 11 is 3.08. The number of carbonyl (C=O) groups excluding carboxylic acids is 1. The average Bonchev–Trinajstić information content (AvgIpc) is 2.76. The van der Waals surface area contributed by atoms with Crippen molar-refractivity contribution in [2.75, 3.05) is 11.1 Å². The third-order valence-corrected chi connectivity index (χ3v) is 4.20. The Hall–Kier alpha value is -0.620. The Balaban J connectivity index is 1.90. The molecule has 2 atom stereocenters. The molecule has 0 aromatic carbocycles. The van der Waals surface area contributed by atoms with E-state index in [1.54, 1.807) is 11.8 Å². The first kappa shape index (κ1) is 10.9. The van der Waals surface area contributed by atoms with Crippen LogP contribution in [0.5, 0.6) is 0 Å². The minimum Gasteiger partial charge on any atom is -0.300 e. The lowest BCUT2D eigenvalue weighted by molar-refractivity contribution is -0.117. The molecule has 1 fully saturated rings. The number of amides is 1. The summed E-state index contributed by atoms with van der Waals surface area (Å²) < 4.78 is 0.914. The van der Waals surface area contributed by atoms with Gasteiger partial charge < -0.3 is 5.32 Å². The van der Waals surface area contributed by atoms with Crippen molar-refractivity contribution in [2.45, 2.75) is 24.6 Å². The first-order chi connectivity index (χ1) is 7.20. The largest absolute Gasteiger partial charge is 0.300 e. The van der Waals surface area contributed by atoms with Gasteiger partial charge in [-0.2, -0.15) is 0 Å². The van der Waals surface area contributed by atoms with E-state index in [2.05, 4.69) is 29.4 Å². The minimum atomic E-state index is 0.0895. The highest BCUT2D eigenvalue weighted by Gasteiger charge is 2.39. The van der Waals surface area contributed by atoms with Crippen LogP contribution in [0.1, 0.15) is 20.3 Å². The maximum absolute atomic E-state index is 11.6. The lowest BCUT2D eigenvalue weighted by atomic mass is 10.3. The molecule has 4 nitrogen and oxygen atoms in total. The molecular weight excluding hydrogens is 230 g/mol. The van der Waals surface area contributed by atoms with Crippen LogP contribution in [-0.2, 0) is 4.79 Å². The van der Waals surface area contributed by atoms with Gasteiger partial charge in [0, 0.05) is 5.92 Å². The Bertz CT molecular complexity index is 366. The minimum absolute atomic E-state index is 0.0895. The van der Waals surface area contributed by atoms with Crippen LogP contribution in [0.3, 0.4) is 0 Å². The van der Waals surface area contributed by atoms with Crippen LogP contribution < -0.4 is 5.32 Å². The van der Waals surface area contributed by atoms with E-state index in [0.29, 0.717) is 11.0 Å². The molecular formula is C9H13N3OS2. The quantitative estimate of drug-likeness (QED) is 0.651. The molecule has 1 amide bonds. The number of anilines is 1. The van der Waals surface area contributed by atoms with E-state index >= 15 is 0 Å². The fourth-order valence-electron chi connectivity index (χ4n) is 1.33. The zero-order valence-electron chi connectivity index (χ0n) is 8.69. The SMILES string of the molecule is CCSc1nnc(NC(=O)[C@H]2C[C@@H]2C)s1. The summed E-state index contributed by atoms with van der Waals surface area (Å²) in [6.07, 6.45) is 1.00. The second-order valence-electron chi connectivity index (χ2n) is 3.61. The van der Waals surface area contributed by atoms with Crippen LogP contribution in [0.4, 0.5) is 5.13 Å². The fourth-order valence-corrected chi connectivity index (χ4v) is 2.98. The Morgan fingerprint density at radius 1 is 1.67 bits per heavy atom. The second-order valence-corrected chi connectivity index (χ2v) is 6.10. The Morgan fingerprint density at radius 3 is 3.00 bits per heavy atom. The Kier molecular flexibility index (Phi) is 3.25. The van der Waals surface area contributed by atoms with Gasteiger partial charge in [-0.25, -0.2) is 0 Å². The predicted octanol–water partition coefficient (Wildman–Crippen LogP) is 2.24. The lowest BCUT2D eigenvalue weighted by Crippen LogP contribution is -2.14. The molecule has 1 N–H and O–H groups in total. The monoisotopic (exact) mass is 243 g/mol. The summed E-state index contributed by atoms with van der Waals surface area (Å²) in [7, 11) is 0. The van der Waals surface area contributed by atoms with Crippen molar-refractivity contribution in [3.8, 4) is 0 Å². The first-order valence-corrected chi connectivity index (χ1v) is 6.78. The van der Waals surface area contributed by atoms with Crippen molar-refractivity contribution in [1.29, 1.82) is 0 Å². The molecule has 1 aromatic rings. The molecule has 1 saturated carbocycles. The van der Waals surface area contributed by atoms with Crippen LogP contribution in [0.15, 0.2) is 4.34 Å². The van der Waals surface area contributed by atoms with Crippen molar-refractivity contribution in [3.05, 3.63) is 0 Å². The van der Waals surface area contributed by atoms with Gasteiger partial charge in [-0.1, -0.05) is 36.9 Å². The molecule has 0 spiro atoms. The molecule has 0 saturated heterocycles. The lowest BCUT2D eigenvalue weighted by Gasteiger charge is -1.97. The zero-order chi connectivity index (χ0) is 10.8. The number of hydrogen-bond acceptors (Lipinski definition) is 5. The standard InChI is InChI=1S/C9H13N3OS2/c1-3-14-9-12-11-8(15-9)10-7(13)6-4-5(6)2/h5-6H,3-4H2,1-2H3,(H,10,11,13)/t5-,6-/m0/s1. The molecule has 1 heterocycles. The second kappa shape index (κ2) is 4.49. The van der Waals surface area contributed by atoms with Gasteiger partial charge in [0.1, 0.15) is 0 Å². The smallest absolute Gasteiger partial charge is 0.229 e. The van der Waals surface area contributed by atoms with Crippen molar-refractivity contribution in [2.24, 2.45) is 11.8 Å². The van der Waals surface area contributed by atoms with E-state index < -0.39 is 0 Å². The number of carbonyl (C=O) groups is 1. The van der Waals surface area contributed by atoms with E-state index in [-0.39, 0.29) is 11.8 Å². The van der Waals surface area contributed by atoms with Crippen LogP contribution in [-0.4, -0.2) is 21.9 Å². The van der Waals surface area contributed by atoms with E-state index in [1.165, 1.54) is 11.3 Å². The summed E-state index contributed by atoms with van der Waals surface area (Å²) in [6, 6.07) is 0. The maximum atomic E-state index is 11.6. The van der Waals surface area contributed by atoms with Crippen LogP contribution in [0, 0.1) is 11.8 Å². The van der Waals surface area contributed by atoms with Crippen LogP contribution >= 0.6 is 23.1 Å². The van der Waals surface area contributed by atoms with Gasteiger partial charge in [-0.15, -0.1) is 10.2 Å². The van der Waals surface area contributed by atoms with Crippen LogP contribution in [0.2, 0.25) is 0 Å². The van der Waals surface area contributed by atoms with Gasteiger partial charge >= 0.3 is 0 Å². The zero-order valence-corrected chi connectivity index (χ0v) is 10.3. The van der Waals surface area contributed by atoms with E-state index in [1.807, 2.05) is 0 Å². The Labute approximate surface area is 96.9 Å².